The van der Waals surface area contributed by atoms with Crippen molar-refractivity contribution >= 4 is 17.5 Å². The average molecular weight is 329 g/mol. The van der Waals surface area contributed by atoms with Crippen LogP contribution in [0.3, 0.4) is 0 Å². The van der Waals surface area contributed by atoms with Crippen LogP contribution in [0.15, 0.2) is 24.3 Å². The van der Waals surface area contributed by atoms with Crippen LogP contribution in [0.5, 0.6) is 0 Å². The topological polar surface area (TPSA) is 75.4 Å². The minimum atomic E-state index is -0.0756. The number of hydrogen-bond donors (Lipinski definition) is 2. The van der Waals surface area contributed by atoms with Crippen molar-refractivity contribution in [3.05, 3.63) is 29.8 Å². The van der Waals surface area contributed by atoms with Crippen molar-refractivity contribution in [3.63, 3.8) is 0 Å². The van der Waals surface area contributed by atoms with Crippen LogP contribution in [0.1, 0.15) is 57.1 Å². The average Bonchev–Trinajstić information content (AvgIpc) is 3.01. The van der Waals surface area contributed by atoms with Crippen LogP contribution < -0.4 is 16.0 Å². The van der Waals surface area contributed by atoms with Crippen molar-refractivity contribution in [2.45, 2.75) is 57.5 Å². The van der Waals surface area contributed by atoms with Crippen LogP contribution in [-0.2, 0) is 9.59 Å². The van der Waals surface area contributed by atoms with Gasteiger partial charge in [-0.15, -0.1) is 0 Å². The Morgan fingerprint density at radius 1 is 1.33 bits per heavy atom. The summed E-state index contributed by atoms with van der Waals surface area (Å²) in [4.78, 5) is 26.2. The SMILES string of the molecule is CC(NC(=O)C1CCCC(N)C1)c1cccc(N2CCCC2=O)c1. The highest BCUT2D eigenvalue weighted by molar-refractivity contribution is 5.95. The Kier molecular flexibility index (Phi) is 5.19. The van der Waals surface area contributed by atoms with Crippen molar-refractivity contribution < 1.29 is 9.59 Å². The summed E-state index contributed by atoms with van der Waals surface area (Å²) in [6.07, 6.45) is 5.29. The molecule has 2 amide bonds. The summed E-state index contributed by atoms with van der Waals surface area (Å²) in [5.41, 5.74) is 7.95. The highest BCUT2D eigenvalue weighted by atomic mass is 16.2. The Morgan fingerprint density at radius 2 is 2.17 bits per heavy atom. The predicted molar refractivity (Wildman–Crippen MR) is 94.5 cm³/mol. The number of rotatable bonds is 4. The number of nitrogens with zero attached hydrogens (tertiary/aromatic N) is 1. The van der Waals surface area contributed by atoms with E-state index in [0.29, 0.717) is 6.42 Å². The van der Waals surface area contributed by atoms with Gasteiger partial charge in [-0.3, -0.25) is 9.59 Å². The van der Waals surface area contributed by atoms with Crippen LogP contribution in [-0.4, -0.2) is 24.4 Å². The molecule has 3 atom stereocenters. The Hall–Kier alpha value is -1.88. The maximum absolute atomic E-state index is 12.5. The zero-order valence-electron chi connectivity index (χ0n) is 14.3. The minimum absolute atomic E-state index is 0.0274. The van der Waals surface area contributed by atoms with Crippen LogP contribution in [0, 0.1) is 5.92 Å². The fourth-order valence-corrected chi connectivity index (χ4v) is 3.76. The van der Waals surface area contributed by atoms with E-state index < -0.39 is 0 Å². The van der Waals surface area contributed by atoms with E-state index in [1.165, 1.54) is 0 Å². The largest absolute Gasteiger partial charge is 0.349 e. The zero-order valence-corrected chi connectivity index (χ0v) is 14.3. The second-order valence-corrected chi connectivity index (χ2v) is 7.10. The van der Waals surface area contributed by atoms with E-state index in [-0.39, 0.29) is 29.8 Å². The number of carbonyl (C=O) groups excluding carboxylic acids is 2. The number of anilines is 1. The molecule has 2 aliphatic rings. The van der Waals surface area contributed by atoms with Gasteiger partial charge in [-0.05, 0) is 50.3 Å². The van der Waals surface area contributed by atoms with E-state index in [1.807, 2.05) is 36.1 Å². The summed E-state index contributed by atoms with van der Waals surface area (Å²) in [5.74, 6) is 0.305. The number of nitrogens with one attached hydrogen (secondary N) is 1. The lowest BCUT2D eigenvalue weighted by Gasteiger charge is -2.27. The highest BCUT2D eigenvalue weighted by Crippen LogP contribution is 2.27. The van der Waals surface area contributed by atoms with Gasteiger partial charge in [0.1, 0.15) is 0 Å². The molecule has 1 aliphatic carbocycles. The number of amides is 2. The molecule has 0 aromatic heterocycles. The maximum Gasteiger partial charge on any atom is 0.227 e. The maximum atomic E-state index is 12.5. The third kappa shape index (κ3) is 3.78. The summed E-state index contributed by atoms with van der Waals surface area (Å²) in [6, 6.07) is 8.00. The van der Waals surface area contributed by atoms with Crippen LogP contribution in [0.2, 0.25) is 0 Å². The van der Waals surface area contributed by atoms with Gasteiger partial charge in [-0.25, -0.2) is 0 Å². The van der Waals surface area contributed by atoms with Crippen molar-refractivity contribution in [1.29, 1.82) is 0 Å². The van der Waals surface area contributed by atoms with Gasteiger partial charge < -0.3 is 16.0 Å². The molecule has 1 aromatic carbocycles. The summed E-state index contributed by atoms with van der Waals surface area (Å²) in [6.45, 7) is 2.77. The van der Waals surface area contributed by atoms with Crippen LogP contribution in [0.4, 0.5) is 5.69 Å². The highest BCUT2D eigenvalue weighted by Gasteiger charge is 2.27. The molecular formula is C19H27N3O2. The van der Waals surface area contributed by atoms with Gasteiger partial charge in [0.2, 0.25) is 11.8 Å². The molecule has 0 spiro atoms. The van der Waals surface area contributed by atoms with E-state index in [9.17, 15) is 9.59 Å². The van der Waals surface area contributed by atoms with Gasteiger partial charge in [0.05, 0.1) is 6.04 Å². The number of nitrogens with two attached hydrogens (primary N) is 1. The third-order valence-electron chi connectivity index (χ3n) is 5.20. The lowest BCUT2D eigenvalue weighted by molar-refractivity contribution is -0.126. The lowest BCUT2D eigenvalue weighted by atomic mass is 9.85. The van der Waals surface area contributed by atoms with Crippen molar-refractivity contribution in [2.24, 2.45) is 11.7 Å². The summed E-state index contributed by atoms with van der Waals surface area (Å²) < 4.78 is 0. The lowest BCUT2D eigenvalue weighted by Crippen LogP contribution is -2.38. The monoisotopic (exact) mass is 329 g/mol. The van der Waals surface area contributed by atoms with Crippen molar-refractivity contribution in [1.82, 2.24) is 5.32 Å². The molecule has 1 aliphatic heterocycles. The zero-order chi connectivity index (χ0) is 17.1. The first-order valence-corrected chi connectivity index (χ1v) is 9.01. The Bertz CT molecular complexity index is 616. The van der Waals surface area contributed by atoms with Gasteiger partial charge in [0.25, 0.3) is 0 Å². The first-order chi connectivity index (χ1) is 11.5. The van der Waals surface area contributed by atoms with E-state index in [1.54, 1.807) is 0 Å². The molecule has 1 aromatic rings. The molecule has 3 N–H and O–H groups in total. The molecule has 2 fully saturated rings. The second kappa shape index (κ2) is 7.34. The molecule has 1 saturated carbocycles. The Morgan fingerprint density at radius 3 is 2.88 bits per heavy atom. The van der Waals surface area contributed by atoms with Crippen LogP contribution >= 0.6 is 0 Å². The van der Waals surface area contributed by atoms with Crippen LogP contribution in [0.25, 0.3) is 0 Å². The molecule has 3 unspecified atom stereocenters. The van der Waals surface area contributed by atoms with Gasteiger partial charge in [-0.2, -0.15) is 0 Å². The molecule has 24 heavy (non-hydrogen) atoms. The first-order valence-electron chi connectivity index (χ1n) is 9.01. The summed E-state index contributed by atoms with van der Waals surface area (Å²) in [7, 11) is 0. The Labute approximate surface area is 143 Å². The molecular weight excluding hydrogens is 302 g/mol. The number of hydrogen-bond acceptors (Lipinski definition) is 3. The molecule has 3 rings (SSSR count). The van der Waals surface area contributed by atoms with E-state index >= 15 is 0 Å². The smallest absolute Gasteiger partial charge is 0.227 e. The van der Waals surface area contributed by atoms with Crippen molar-refractivity contribution in [3.8, 4) is 0 Å². The fraction of sp³-hybridized carbons (Fsp3) is 0.579. The van der Waals surface area contributed by atoms with Gasteiger partial charge >= 0.3 is 0 Å². The Balaban J connectivity index is 1.65. The minimum Gasteiger partial charge on any atom is -0.349 e. The molecule has 5 heteroatoms. The van der Waals surface area contributed by atoms with E-state index in [2.05, 4.69) is 5.32 Å². The van der Waals surface area contributed by atoms with E-state index in [0.717, 1.165) is 49.9 Å². The fourth-order valence-electron chi connectivity index (χ4n) is 3.76. The van der Waals surface area contributed by atoms with E-state index in [4.69, 9.17) is 5.73 Å². The second-order valence-electron chi connectivity index (χ2n) is 7.10. The summed E-state index contributed by atoms with van der Waals surface area (Å²) in [5, 5.41) is 3.12. The van der Waals surface area contributed by atoms with Crippen molar-refractivity contribution in [2.75, 3.05) is 11.4 Å². The molecule has 0 bridgehead atoms. The number of carbonyl (C=O) groups is 2. The van der Waals surface area contributed by atoms with Gasteiger partial charge in [-0.1, -0.05) is 18.6 Å². The predicted octanol–water partition coefficient (Wildman–Crippen LogP) is 2.51. The summed E-state index contributed by atoms with van der Waals surface area (Å²) >= 11 is 0. The van der Waals surface area contributed by atoms with Gasteiger partial charge in [0.15, 0.2) is 0 Å². The molecule has 1 saturated heterocycles. The quantitative estimate of drug-likeness (QED) is 0.891. The molecule has 0 radical (unpaired) electrons. The van der Waals surface area contributed by atoms with Gasteiger partial charge in [0, 0.05) is 30.6 Å². The molecule has 5 nitrogen and oxygen atoms in total. The standard InChI is InChI=1S/C19H27N3O2/c1-13(21-19(24)15-6-2-7-16(20)11-15)14-5-3-8-17(12-14)22-10-4-9-18(22)23/h3,5,8,12-13,15-16H,2,4,6-7,9-11,20H2,1H3,(H,21,24). The normalized spacial score (nSPS) is 25.6. The first kappa shape index (κ1) is 17.0. The molecule has 130 valence electrons. The third-order valence-corrected chi connectivity index (χ3v) is 5.20. The molecule has 1 heterocycles. The number of benzene rings is 1.